The molecule has 0 bridgehead atoms. The summed E-state index contributed by atoms with van der Waals surface area (Å²) in [7, 11) is 0. The molecule has 0 unspecified atom stereocenters. The first-order valence-electron chi connectivity index (χ1n) is 4.98. The van der Waals surface area contributed by atoms with Crippen LogP contribution < -0.4 is 0 Å². The van der Waals surface area contributed by atoms with Crippen molar-refractivity contribution in [3.05, 3.63) is 33.8 Å². The number of hydrogen-bond donors (Lipinski definition) is 1. The normalized spacial score (nSPS) is 20.6. The molecule has 1 amide bonds. The number of benzene rings is 1. The Bertz CT molecular complexity index is 422. The molecule has 5 heteroatoms. The molecule has 3 nitrogen and oxygen atoms in total. The van der Waals surface area contributed by atoms with Crippen molar-refractivity contribution in [3.8, 4) is 0 Å². The van der Waals surface area contributed by atoms with Crippen molar-refractivity contribution < 1.29 is 9.90 Å². The van der Waals surface area contributed by atoms with E-state index in [1.54, 1.807) is 17.0 Å². The van der Waals surface area contributed by atoms with E-state index in [9.17, 15) is 9.90 Å². The maximum absolute atomic E-state index is 11.5. The molecule has 1 saturated heterocycles. The molecule has 1 heterocycles. The van der Waals surface area contributed by atoms with Gasteiger partial charge in [-0.1, -0.05) is 29.3 Å². The first-order chi connectivity index (χ1) is 7.58. The zero-order chi connectivity index (χ0) is 11.7. The molecule has 0 spiro atoms. The Morgan fingerprint density at radius 2 is 2.12 bits per heavy atom. The van der Waals surface area contributed by atoms with E-state index in [0.717, 1.165) is 5.56 Å². The summed E-state index contributed by atoms with van der Waals surface area (Å²) in [5.41, 5.74) is 0.914. The highest BCUT2D eigenvalue weighted by Gasteiger charge is 2.29. The molecule has 0 saturated carbocycles. The molecule has 0 aliphatic carbocycles. The number of halogens is 2. The molecule has 1 aliphatic rings. The van der Waals surface area contributed by atoms with Crippen molar-refractivity contribution in [2.75, 3.05) is 6.54 Å². The molecule has 1 aromatic rings. The maximum atomic E-state index is 11.5. The number of hydrogen-bond acceptors (Lipinski definition) is 2. The highest BCUT2D eigenvalue weighted by Crippen LogP contribution is 2.24. The molecule has 1 N–H and O–H groups in total. The van der Waals surface area contributed by atoms with E-state index >= 15 is 0 Å². The predicted molar refractivity (Wildman–Crippen MR) is 62.5 cm³/mol. The highest BCUT2D eigenvalue weighted by molar-refractivity contribution is 6.42. The number of aliphatic hydroxyl groups excluding tert-OH is 1. The Hall–Kier alpha value is -0.770. The van der Waals surface area contributed by atoms with E-state index < -0.39 is 6.10 Å². The van der Waals surface area contributed by atoms with Crippen LogP contribution in [0.4, 0.5) is 0 Å². The lowest BCUT2D eigenvalue weighted by atomic mass is 10.2. The topological polar surface area (TPSA) is 40.5 Å². The summed E-state index contributed by atoms with van der Waals surface area (Å²) in [6, 6.07) is 5.27. The molecule has 1 fully saturated rings. The lowest BCUT2D eigenvalue weighted by Crippen LogP contribution is -2.28. The summed E-state index contributed by atoms with van der Waals surface area (Å²) >= 11 is 11.7. The van der Waals surface area contributed by atoms with Crippen molar-refractivity contribution >= 4 is 29.1 Å². The fourth-order valence-electron chi connectivity index (χ4n) is 1.74. The van der Waals surface area contributed by atoms with Gasteiger partial charge in [-0.2, -0.15) is 0 Å². The van der Waals surface area contributed by atoms with Gasteiger partial charge in [-0.05, 0) is 24.1 Å². The number of rotatable bonds is 2. The Morgan fingerprint density at radius 1 is 1.38 bits per heavy atom. The Labute approximate surface area is 104 Å². The van der Waals surface area contributed by atoms with Crippen molar-refractivity contribution in [3.63, 3.8) is 0 Å². The largest absolute Gasteiger partial charge is 0.383 e. The van der Waals surface area contributed by atoms with Crippen LogP contribution in [0.25, 0.3) is 0 Å². The van der Waals surface area contributed by atoms with Gasteiger partial charge < -0.3 is 10.0 Å². The van der Waals surface area contributed by atoms with E-state index in [-0.39, 0.29) is 5.91 Å². The second-order valence-corrected chi connectivity index (χ2v) is 4.63. The quantitative estimate of drug-likeness (QED) is 0.884. The van der Waals surface area contributed by atoms with Gasteiger partial charge in [0.1, 0.15) is 6.10 Å². The van der Waals surface area contributed by atoms with Gasteiger partial charge in [0.25, 0.3) is 5.91 Å². The smallest absolute Gasteiger partial charge is 0.251 e. The summed E-state index contributed by atoms with van der Waals surface area (Å²) in [5, 5.41) is 10.3. The average molecular weight is 260 g/mol. The standard InChI is InChI=1S/C11H11Cl2NO2/c12-8-2-1-7(5-9(8)13)6-14-4-3-10(15)11(14)16/h1-2,5,10,15H,3-4,6H2/t10-/m1/s1. The van der Waals surface area contributed by atoms with Gasteiger partial charge in [-0.15, -0.1) is 0 Å². The second-order valence-electron chi connectivity index (χ2n) is 3.81. The van der Waals surface area contributed by atoms with Crippen LogP contribution in [0.3, 0.4) is 0 Å². The van der Waals surface area contributed by atoms with Crippen LogP contribution in [-0.4, -0.2) is 28.6 Å². The molecule has 2 rings (SSSR count). The van der Waals surface area contributed by atoms with Crippen molar-refractivity contribution in [2.24, 2.45) is 0 Å². The summed E-state index contributed by atoms with van der Waals surface area (Å²) < 4.78 is 0. The summed E-state index contributed by atoms with van der Waals surface area (Å²) in [4.78, 5) is 13.1. The van der Waals surface area contributed by atoms with Crippen molar-refractivity contribution in [1.82, 2.24) is 4.90 Å². The third kappa shape index (κ3) is 2.32. The van der Waals surface area contributed by atoms with Crippen LogP contribution in [0.15, 0.2) is 18.2 Å². The van der Waals surface area contributed by atoms with E-state index in [4.69, 9.17) is 23.2 Å². The number of likely N-dealkylation sites (tertiary alicyclic amines) is 1. The fraction of sp³-hybridized carbons (Fsp3) is 0.364. The first-order valence-corrected chi connectivity index (χ1v) is 5.74. The Kier molecular flexibility index (Phi) is 3.38. The second kappa shape index (κ2) is 4.62. The molecule has 16 heavy (non-hydrogen) atoms. The molecule has 0 aromatic heterocycles. The zero-order valence-corrected chi connectivity index (χ0v) is 10.0. The van der Waals surface area contributed by atoms with Gasteiger partial charge in [-0.3, -0.25) is 4.79 Å². The average Bonchev–Trinajstić information content (AvgIpc) is 2.55. The zero-order valence-electron chi connectivity index (χ0n) is 8.49. The van der Waals surface area contributed by atoms with E-state index in [0.29, 0.717) is 29.6 Å². The number of nitrogens with zero attached hydrogens (tertiary/aromatic N) is 1. The number of amides is 1. The monoisotopic (exact) mass is 259 g/mol. The van der Waals surface area contributed by atoms with Crippen LogP contribution in [0, 0.1) is 0 Å². The third-order valence-electron chi connectivity index (χ3n) is 2.63. The SMILES string of the molecule is O=C1[C@H](O)CCN1Cc1ccc(Cl)c(Cl)c1. The van der Waals surface area contributed by atoms with Gasteiger partial charge >= 0.3 is 0 Å². The predicted octanol–water partition coefficient (Wildman–Crippen LogP) is 2.09. The van der Waals surface area contributed by atoms with Gasteiger partial charge in [0.2, 0.25) is 0 Å². The van der Waals surface area contributed by atoms with Crippen LogP contribution in [0.1, 0.15) is 12.0 Å². The lowest BCUT2D eigenvalue weighted by Gasteiger charge is -2.15. The summed E-state index contributed by atoms with van der Waals surface area (Å²) in [6.45, 7) is 1.05. The van der Waals surface area contributed by atoms with Crippen LogP contribution in [0.5, 0.6) is 0 Å². The lowest BCUT2D eigenvalue weighted by molar-refractivity contribution is -0.134. The summed E-state index contributed by atoms with van der Waals surface area (Å²) in [6.07, 6.45) is -0.345. The minimum Gasteiger partial charge on any atom is -0.383 e. The summed E-state index contributed by atoms with van der Waals surface area (Å²) in [5.74, 6) is -0.217. The van der Waals surface area contributed by atoms with Gasteiger partial charge in [0.15, 0.2) is 0 Å². The van der Waals surface area contributed by atoms with Gasteiger partial charge in [0.05, 0.1) is 10.0 Å². The molecule has 1 aliphatic heterocycles. The molecule has 86 valence electrons. The minimum atomic E-state index is -0.845. The molecular formula is C11H11Cl2NO2. The van der Waals surface area contributed by atoms with Gasteiger partial charge in [-0.25, -0.2) is 0 Å². The number of carbonyl (C=O) groups is 1. The van der Waals surface area contributed by atoms with E-state index in [1.165, 1.54) is 0 Å². The van der Waals surface area contributed by atoms with Gasteiger partial charge in [0, 0.05) is 13.1 Å². The van der Waals surface area contributed by atoms with Crippen LogP contribution in [-0.2, 0) is 11.3 Å². The maximum Gasteiger partial charge on any atom is 0.251 e. The van der Waals surface area contributed by atoms with Crippen LogP contribution in [0.2, 0.25) is 10.0 Å². The Morgan fingerprint density at radius 3 is 2.69 bits per heavy atom. The van der Waals surface area contributed by atoms with E-state index in [2.05, 4.69) is 0 Å². The molecule has 0 radical (unpaired) electrons. The van der Waals surface area contributed by atoms with Crippen molar-refractivity contribution in [1.29, 1.82) is 0 Å². The minimum absolute atomic E-state index is 0.217. The van der Waals surface area contributed by atoms with E-state index in [1.807, 2.05) is 6.07 Å². The highest BCUT2D eigenvalue weighted by atomic mass is 35.5. The number of aliphatic hydroxyl groups is 1. The van der Waals surface area contributed by atoms with Crippen molar-refractivity contribution in [2.45, 2.75) is 19.1 Å². The fourth-order valence-corrected chi connectivity index (χ4v) is 2.06. The molecule has 1 aromatic carbocycles. The van der Waals surface area contributed by atoms with Crippen LogP contribution >= 0.6 is 23.2 Å². The molecule has 1 atom stereocenters. The first kappa shape index (κ1) is 11.7. The third-order valence-corrected chi connectivity index (χ3v) is 3.37. The number of carbonyl (C=O) groups excluding carboxylic acids is 1. The Balaban J connectivity index is 2.10. The molecular weight excluding hydrogens is 249 g/mol.